The smallest absolute Gasteiger partial charge is 0.338 e. The van der Waals surface area contributed by atoms with Crippen LogP contribution in [0.2, 0.25) is 0 Å². The van der Waals surface area contributed by atoms with Gasteiger partial charge in [-0.25, -0.2) is 19.2 Å². The third kappa shape index (κ3) is 6.87. The van der Waals surface area contributed by atoms with Gasteiger partial charge in [0.1, 0.15) is 12.7 Å². The molecular weight excluding hydrogens is 508 g/mol. The molecule has 1 aromatic heterocycles. The number of aromatic nitrogens is 2. The van der Waals surface area contributed by atoms with Crippen LogP contribution in [0.15, 0.2) is 21.9 Å². The Kier molecular flexibility index (Phi) is 9.64. The van der Waals surface area contributed by atoms with Gasteiger partial charge < -0.3 is 33.2 Å². The van der Waals surface area contributed by atoms with Crippen molar-refractivity contribution in [2.24, 2.45) is 0 Å². The fourth-order valence-corrected chi connectivity index (χ4v) is 3.07. The molecule has 2 heterocycles. The van der Waals surface area contributed by atoms with Gasteiger partial charge in [0.05, 0.1) is 0 Å². The van der Waals surface area contributed by atoms with E-state index in [9.17, 15) is 24.0 Å². The van der Waals surface area contributed by atoms with E-state index < -0.39 is 77.1 Å². The lowest BCUT2D eigenvalue weighted by Crippen LogP contribution is -2.49. The van der Waals surface area contributed by atoms with Gasteiger partial charge in [0.25, 0.3) is 5.56 Å². The van der Waals surface area contributed by atoms with Crippen LogP contribution >= 0.6 is 0 Å². The summed E-state index contributed by atoms with van der Waals surface area (Å²) in [5.74, 6) is -2.45. The molecule has 14 nitrogen and oxygen atoms in total. The number of aromatic amines is 1. The standard InChI is InChI=1S/C24H36N2O12/c1-22(2,32-7)18(28)35-12-13-15(37-19(29)23(3,4)33-8)16(38-20(30)24(5,6)34-9)17(36-13)26-11-10-14(27)25-21(26)31/h10-11,13,15-17H,12H2,1-9H3,(H,25,27,31)/t13-,15-,16-,17-/m1/s1. The van der Waals surface area contributed by atoms with Gasteiger partial charge in [-0.05, 0) is 41.5 Å². The highest BCUT2D eigenvalue weighted by atomic mass is 16.7. The van der Waals surface area contributed by atoms with E-state index in [1.807, 2.05) is 0 Å². The number of esters is 3. The molecule has 1 aliphatic heterocycles. The summed E-state index contributed by atoms with van der Waals surface area (Å²) in [4.78, 5) is 64.8. The van der Waals surface area contributed by atoms with Crippen molar-refractivity contribution in [1.82, 2.24) is 9.55 Å². The van der Waals surface area contributed by atoms with Gasteiger partial charge in [0.15, 0.2) is 35.2 Å². The van der Waals surface area contributed by atoms with Crippen LogP contribution in [0, 0.1) is 0 Å². The maximum Gasteiger partial charge on any atom is 0.338 e. The quantitative estimate of drug-likeness (QED) is 0.294. The molecule has 14 heteroatoms. The monoisotopic (exact) mass is 544 g/mol. The van der Waals surface area contributed by atoms with Crippen molar-refractivity contribution in [2.75, 3.05) is 27.9 Å². The summed E-state index contributed by atoms with van der Waals surface area (Å²) in [7, 11) is 3.94. The van der Waals surface area contributed by atoms with Crippen LogP contribution in [0.4, 0.5) is 0 Å². The molecule has 0 unspecified atom stereocenters. The third-order valence-corrected chi connectivity index (χ3v) is 6.28. The molecule has 1 N–H and O–H groups in total. The molecular formula is C24H36N2O12. The number of carbonyl (C=O) groups is 3. The minimum atomic E-state index is -1.43. The fourth-order valence-electron chi connectivity index (χ4n) is 3.07. The molecule has 0 aliphatic carbocycles. The van der Waals surface area contributed by atoms with E-state index in [2.05, 4.69) is 4.98 Å². The zero-order chi connectivity index (χ0) is 29.1. The van der Waals surface area contributed by atoms with Crippen molar-refractivity contribution >= 4 is 17.9 Å². The predicted molar refractivity (Wildman–Crippen MR) is 129 cm³/mol. The number of H-pyrrole nitrogens is 1. The lowest BCUT2D eigenvalue weighted by atomic mass is 10.1. The number of carbonyl (C=O) groups excluding carboxylic acids is 3. The first kappa shape index (κ1) is 31.1. The van der Waals surface area contributed by atoms with E-state index in [4.69, 9.17) is 33.2 Å². The van der Waals surface area contributed by atoms with Crippen LogP contribution < -0.4 is 11.2 Å². The summed E-state index contributed by atoms with van der Waals surface area (Å²) in [6.45, 7) is 8.34. The number of nitrogens with zero attached hydrogens (tertiary/aromatic N) is 1. The molecule has 1 aromatic rings. The zero-order valence-corrected chi connectivity index (χ0v) is 23.0. The van der Waals surface area contributed by atoms with Crippen molar-refractivity contribution < 1.29 is 47.5 Å². The Balaban J connectivity index is 2.56. The van der Waals surface area contributed by atoms with Gasteiger partial charge in [-0.3, -0.25) is 14.3 Å². The Labute approximate surface area is 219 Å². The summed E-state index contributed by atoms with van der Waals surface area (Å²) < 4.78 is 39.2. The van der Waals surface area contributed by atoms with E-state index in [0.29, 0.717) is 0 Å². The molecule has 2 rings (SSSR count). The highest BCUT2D eigenvalue weighted by molar-refractivity contribution is 5.80. The molecule has 0 radical (unpaired) electrons. The molecule has 0 saturated carbocycles. The Hall–Kier alpha value is -3.07. The molecule has 1 fully saturated rings. The molecule has 1 saturated heterocycles. The Morgan fingerprint density at radius 3 is 1.79 bits per heavy atom. The minimum absolute atomic E-state index is 0.465. The Morgan fingerprint density at radius 2 is 1.32 bits per heavy atom. The summed E-state index contributed by atoms with van der Waals surface area (Å²) in [6.07, 6.45) is -4.28. The van der Waals surface area contributed by atoms with E-state index in [1.165, 1.54) is 62.9 Å². The van der Waals surface area contributed by atoms with Crippen LogP contribution in [0.3, 0.4) is 0 Å². The van der Waals surface area contributed by atoms with Gasteiger partial charge in [0, 0.05) is 33.6 Å². The Bertz CT molecular complexity index is 1140. The largest absolute Gasteiger partial charge is 0.461 e. The van der Waals surface area contributed by atoms with Crippen molar-refractivity contribution in [3.8, 4) is 0 Å². The normalized spacial score (nSPS) is 22.1. The Morgan fingerprint density at radius 1 is 0.842 bits per heavy atom. The molecule has 38 heavy (non-hydrogen) atoms. The van der Waals surface area contributed by atoms with Crippen molar-refractivity contribution in [1.29, 1.82) is 0 Å². The van der Waals surface area contributed by atoms with E-state index in [-0.39, 0.29) is 0 Å². The van der Waals surface area contributed by atoms with Gasteiger partial charge in [-0.1, -0.05) is 0 Å². The van der Waals surface area contributed by atoms with Crippen molar-refractivity contribution in [3.05, 3.63) is 33.1 Å². The molecule has 1 aliphatic rings. The first-order chi connectivity index (χ1) is 17.5. The second-order valence-corrected chi connectivity index (χ2v) is 10.1. The molecule has 4 atom stereocenters. The highest BCUT2D eigenvalue weighted by Crippen LogP contribution is 2.35. The average Bonchev–Trinajstić information content (AvgIpc) is 3.18. The van der Waals surface area contributed by atoms with Crippen LogP contribution in [0.5, 0.6) is 0 Å². The minimum Gasteiger partial charge on any atom is -0.461 e. The molecule has 214 valence electrons. The number of hydrogen-bond acceptors (Lipinski definition) is 12. The first-order valence-electron chi connectivity index (χ1n) is 11.7. The number of nitrogens with one attached hydrogen (secondary N) is 1. The second kappa shape index (κ2) is 11.8. The lowest BCUT2D eigenvalue weighted by molar-refractivity contribution is -0.190. The van der Waals surface area contributed by atoms with Crippen LogP contribution in [-0.4, -0.2) is 90.5 Å². The van der Waals surface area contributed by atoms with E-state index >= 15 is 0 Å². The van der Waals surface area contributed by atoms with Crippen molar-refractivity contribution in [3.63, 3.8) is 0 Å². The predicted octanol–water partition coefficient (Wildman–Crippen LogP) is 0.0758. The second-order valence-electron chi connectivity index (χ2n) is 10.1. The van der Waals surface area contributed by atoms with Crippen LogP contribution in [0.25, 0.3) is 0 Å². The summed E-state index contributed by atoms with van der Waals surface area (Å²) in [5, 5.41) is 0. The molecule has 0 aromatic carbocycles. The lowest BCUT2D eigenvalue weighted by Gasteiger charge is -2.30. The van der Waals surface area contributed by atoms with Gasteiger partial charge in [-0.2, -0.15) is 0 Å². The van der Waals surface area contributed by atoms with Gasteiger partial charge >= 0.3 is 23.6 Å². The SMILES string of the molecule is COC(C)(C)C(=O)OC[C@H]1O[C@@H](n2ccc(=O)[nH]c2=O)[C@H](OC(=O)C(C)(C)OC)[C@@H]1OC(=O)C(C)(C)OC. The third-order valence-electron chi connectivity index (χ3n) is 6.28. The first-order valence-corrected chi connectivity index (χ1v) is 11.7. The van der Waals surface area contributed by atoms with E-state index in [1.54, 1.807) is 0 Å². The summed E-state index contributed by atoms with van der Waals surface area (Å²) in [5.41, 5.74) is -5.68. The van der Waals surface area contributed by atoms with Gasteiger partial charge in [-0.15, -0.1) is 0 Å². The highest BCUT2D eigenvalue weighted by Gasteiger charge is 2.53. The molecule has 0 amide bonds. The van der Waals surface area contributed by atoms with Gasteiger partial charge in [0.2, 0.25) is 0 Å². The zero-order valence-electron chi connectivity index (χ0n) is 23.0. The topological polar surface area (TPSA) is 171 Å². The van der Waals surface area contributed by atoms with Crippen molar-refractivity contribution in [2.45, 2.75) is 82.9 Å². The number of ether oxygens (including phenoxy) is 7. The van der Waals surface area contributed by atoms with Crippen LogP contribution in [-0.2, 0) is 47.5 Å². The number of rotatable bonds is 11. The van der Waals surface area contributed by atoms with Crippen LogP contribution in [0.1, 0.15) is 47.8 Å². The molecule has 0 bridgehead atoms. The number of methoxy groups -OCH3 is 3. The fraction of sp³-hybridized carbons (Fsp3) is 0.708. The maximum atomic E-state index is 13.0. The number of hydrogen-bond donors (Lipinski definition) is 1. The maximum absolute atomic E-state index is 13.0. The molecule has 0 spiro atoms. The summed E-state index contributed by atoms with van der Waals surface area (Å²) in [6, 6.07) is 1.06. The average molecular weight is 545 g/mol. The van der Waals surface area contributed by atoms with E-state index in [0.717, 1.165) is 16.8 Å². The summed E-state index contributed by atoms with van der Waals surface area (Å²) >= 11 is 0.